The monoisotopic (exact) mass is 229 g/mol. The van der Waals surface area contributed by atoms with Crippen LogP contribution in [0.25, 0.3) is 10.9 Å². The first kappa shape index (κ1) is 10.8. The van der Waals surface area contributed by atoms with E-state index in [2.05, 4.69) is 30.2 Å². The molecule has 90 valence electrons. The first-order valence-electron chi connectivity index (χ1n) is 6.29. The largest absolute Gasteiger partial charge is 0.325 e. The van der Waals surface area contributed by atoms with E-state index in [0.29, 0.717) is 0 Å². The number of aryl methyl sites for hydroxylation is 3. The highest BCUT2D eigenvalue weighted by atomic mass is 15.3. The molecule has 0 amide bonds. The van der Waals surface area contributed by atoms with Gasteiger partial charge in [-0.05, 0) is 50.3 Å². The number of benzene rings is 1. The van der Waals surface area contributed by atoms with Crippen LogP contribution >= 0.6 is 0 Å². The van der Waals surface area contributed by atoms with E-state index >= 15 is 0 Å². The smallest absolute Gasteiger partial charge is 0.0682 e. The molecule has 1 aromatic carbocycles. The van der Waals surface area contributed by atoms with Gasteiger partial charge in [0.2, 0.25) is 0 Å². The van der Waals surface area contributed by atoms with E-state index in [1.165, 1.54) is 29.3 Å². The quantitative estimate of drug-likeness (QED) is 0.877. The fourth-order valence-electron chi connectivity index (χ4n) is 2.45. The molecule has 2 N–H and O–H groups in total. The lowest BCUT2D eigenvalue weighted by atomic mass is 10.0. The predicted molar refractivity (Wildman–Crippen MR) is 69.9 cm³/mol. The van der Waals surface area contributed by atoms with Crippen molar-refractivity contribution < 1.29 is 0 Å². The van der Waals surface area contributed by atoms with Gasteiger partial charge >= 0.3 is 0 Å². The van der Waals surface area contributed by atoms with Crippen molar-refractivity contribution in [2.24, 2.45) is 12.8 Å². The van der Waals surface area contributed by atoms with Crippen molar-refractivity contribution in [3.05, 3.63) is 29.5 Å². The third-order valence-electron chi connectivity index (χ3n) is 3.90. The Morgan fingerprint density at radius 3 is 2.88 bits per heavy atom. The van der Waals surface area contributed by atoms with Crippen LogP contribution in [-0.2, 0) is 13.5 Å². The summed E-state index contributed by atoms with van der Waals surface area (Å²) in [7, 11) is 1.99. The second-order valence-electron chi connectivity index (χ2n) is 5.42. The Balaban J connectivity index is 1.88. The van der Waals surface area contributed by atoms with Crippen molar-refractivity contribution in [1.29, 1.82) is 0 Å². The van der Waals surface area contributed by atoms with Crippen LogP contribution in [0, 0.1) is 6.92 Å². The van der Waals surface area contributed by atoms with E-state index in [0.717, 1.165) is 18.5 Å². The minimum absolute atomic E-state index is 0.152. The Kier molecular flexibility index (Phi) is 2.26. The van der Waals surface area contributed by atoms with Gasteiger partial charge in [0.15, 0.2) is 0 Å². The molecule has 1 saturated carbocycles. The predicted octanol–water partition coefficient (Wildman–Crippen LogP) is 2.31. The molecule has 0 bridgehead atoms. The van der Waals surface area contributed by atoms with E-state index in [4.69, 9.17) is 5.73 Å². The summed E-state index contributed by atoms with van der Waals surface area (Å²) in [5.41, 5.74) is 9.97. The summed E-state index contributed by atoms with van der Waals surface area (Å²) in [6.07, 6.45) is 4.58. The Morgan fingerprint density at radius 2 is 2.18 bits per heavy atom. The summed E-state index contributed by atoms with van der Waals surface area (Å²) >= 11 is 0. The van der Waals surface area contributed by atoms with Crippen LogP contribution in [0.3, 0.4) is 0 Å². The highest BCUT2D eigenvalue weighted by Gasteiger charge is 2.37. The Bertz CT molecular complexity index is 564. The number of hydrogen-bond acceptors (Lipinski definition) is 2. The second-order valence-corrected chi connectivity index (χ2v) is 5.42. The minimum Gasteiger partial charge on any atom is -0.325 e. The molecule has 2 aromatic rings. The van der Waals surface area contributed by atoms with Gasteiger partial charge in [-0.2, -0.15) is 5.10 Å². The van der Waals surface area contributed by atoms with Gasteiger partial charge < -0.3 is 5.73 Å². The van der Waals surface area contributed by atoms with Crippen molar-refractivity contribution in [2.75, 3.05) is 0 Å². The molecule has 0 radical (unpaired) electrons. The molecule has 1 fully saturated rings. The molecule has 0 aliphatic heterocycles. The maximum atomic E-state index is 6.12. The van der Waals surface area contributed by atoms with Crippen LogP contribution in [-0.4, -0.2) is 15.3 Å². The molecule has 3 rings (SSSR count). The fourth-order valence-corrected chi connectivity index (χ4v) is 2.45. The number of nitrogens with zero attached hydrogens (tertiary/aromatic N) is 2. The van der Waals surface area contributed by atoms with Crippen LogP contribution < -0.4 is 5.73 Å². The highest BCUT2D eigenvalue weighted by molar-refractivity contribution is 5.82. The van der Waals surface area contributed by atoms with E-state index < -0.39 is 0 Å². The fraction of sp³-hybridized carbons (Fsp3) is 0.500. The summed E-state index contributed by atoms with van der Waals surface area (Å²) in [4.78, 5) is 0. The third kappa shape index (κ3) is 1.95. The number of fused-ring (bicyclic) bond motifs is 1. The molecular formula is C14H19N3. The lowest BCUT2D eigenvalue weighted by Crippen LogP contribution is -2.22. The van der Waals surface area contributed by atoms with E-state index in [1.807, 2.05) is 11.7 Å². The summed E-state index contributed by atoms with van der Waals surface area (Å²) in [6.45, 7) is 2.07. The molecule has 0 unspecified atom stereocenters. The molecule has 1 aromatic heterocycles. The van der Waals surface area contributed by atoms with Crippen LogP contribution in [0.4, 0.5) is 0 Å². The Morgan fingerprint density at radius 1 is 1.41 bits per heavy atom. The van der Waals surface area contributed by atoms with E-state index in [1.54, 1.807) is 0 Å². The van der Waals surface area contributed by atoms with Gasteiger partial charge in [-0.1, -0.05) is 6.07 Å². The van der Waals surface area contributed by atoms with Crippen molar-refractivity contribution in [3.8, 4) is 0 Å². The number of aromatic nitrogens is 2. The van der Waals surface area contributed by atoms with Crippen molar-refractivity contribution in [2.45, 2.75) is 38.1 Å². The lowest BCUT2D eigenvalue weighted by molar-refractivity contribution is 0.609. The zero-order chi connectivity index (χ0) is 12.0. The van der Waals surface area contributed by atoms with Crippen LogP contribution in [0.1, 0.15) is 30.5 Å². The summed E-state index contributed by atoms with van der Waals surface area (Å²) in [6, 6.07) is 6.64. The molecular weight excluding hydrogens is 210 g/mol. The van der Waals surface area contributed by atoms with Crippen molar-refractivity contribution in [3.63, 3.8) is 0 Å². The Labute approximate surface area is 102 Å². The summed E-state index contributed by atoms with van der Waals surface area (Å²) < 4.78 is 1.94. The minimum atomic E-state index is 0.152. The Hall–Kier alpha value is -1.35. The summed E-state index contributed by atoms with van der Waals surface area (Å²) in [5, 5.41) is 5.71. The average Bonchev–Trinajstić information content (AvgIpc) is 2.98. The summed E-state index contributed by atoms with van der Waals surface area (Å²) in [5.74, 6) is 0. The first-order chi connectivity index (χ1) is 8.07. The standard InChI is InChI=1S/C14H19N3/c1-10-12-9-11(5-6-14(15)7-8-14)3-4-13(12)17(2)16-10/h3-4,9H,5-8,15H2,1-2H3. The van der Waals surface area contributed by atoms with Crippen molar-refractivity contribution in [1.82, 2.24) is 9.78 Å². The zero-order valence-corrected chi connectivity index (χ0v) is 10.5. The topological polar surface area (TPSA) is 43.8 Å². The van der Waals surface area contributed by atoms with Gasteiger partial charge in [-0.25, -0.2) is 0 Å². The average molecular weight is 229 g/mol. The molecule has 17 heavy (non-hydrogen) atoms. The maximum absolute atomic E-state index is 6.12. The maximum Gasteiger partial charge on any atom is 0.0682 e. The molecule has 1 aliphatic carbocycles. The van der Waals surface area contributed by atoms with Gasteiger partial charge in [0.05, 0.1) is 11.2 Å². The van der Waals surface area contributed by atoms with E-state index in [-0.39, 0.29) is 5.54 Å². The number of nitrogens with two attached hydrogens (primary N) is 1. The van der Waals surface area contributed by atoms with Gasteiger partial charge in [-0.3, -0.25) is 4.68 Å². The van der Waals surface area contributed by atoms with Crippen LogP contribution in [0.15, 0.2) is 18.2 Å². The number of hydrogen-bond donors (Lipinski definition) is 1. The van der Waals surface area contributed by atoms with Crippen LogP contribution in [0.2, 0.25) is 0 Å². The third-order valence-corrected chi connectivity index (χ3v) is 3.90. The first-order valence-corrected chi connectivity index (χ1v) is 6.29. The van der Waals surface area contributed by atoms with Gasteiger partial charge in [-0.15, -0.1) is 0 Å². The zero-order valence-electron chi connectivity index (χ0n) is 10.5. The van der Waals surface area contributed by atoms with Gasteiger partial charge in [0, 0.05) is 18.0 Å². The second kappa shape index (κ2) is 3.57. The molecule has 3 nitrogen and oxygen atoms in total. The number of rotatable bonds is 3. The lowest BCUT2D eigenvalue weighted by Gasteiger charge is -2.08. The highest BCUT2D eigenvalue weighted by Crippen LogP contribution is 2.36. The van der Waals surface area contributed by atoms with Gasteiger partial charge in [0.25, 0.3) is 0 Å². The van der Waals surface area contributed by atoms with Crippen LogP contribution in [0.5, 0.6) is 0 Å². The molecule has 1 aliphatic rings. The molecule has 3 heteroatoms. The molecule has 0 saturated heterocycles. The molecule has 0 spiro atoms. The van der Waals surface area contributed by atoms with Crippen molar-refractivity contribution >= 4 is 10.9 Å². The van der Waals surface area contributed by atoms with E-state index in [9.17, 15) is 0 Å². The normalized spacial score (nSPS) is 17.6. The SMILES string of the molecule is Cc1nn(C)c2ccc(CCC3(N)CC3)cc12. The molecule has 0 atom stereocenters. The van der Waals surface area contributed by atoms with Gasteiger partial charge in [0.1, 0.15) is 0 Å². The molecule has 1 heterocycles.